The molecule has 12 heteroatoms. The summed E-state index contributed by atoms with van der Waals surface area (Å²) in [5.41, 5.74) is -2.04. The molecule has 0 fully saturated rings. The lowest BCUT2D eigenvalue weighted by Gasteiger charge is -2.40. The highest BCUT2D eigenvalue weighted by molar-refractivity contribution is 9.10. The SMILES string of the molecule is CC(C)(C)[S+]([O-])N[C@](c1ccc(OC(F)(F)F)c(F)c1)(c1ncccc1Br)[C@H](O)CO. The number of alkyl halides is 3. The molecule has 0 aliphatic carbocycles. The largest absolute Gasteiger partial charge is 0.598 e. The smallest absolute Gasteiger partial charge is 0.573 e. The molecule has 0 radical (unpaired) electrons. The van der Waals surface area contributed by atoms with Crippen LogP contribution in [0.15, 0.2) is 41.0 Å². The zero-order chi connectivity index (χ0) is 23.6. The highest BCUT2D eigenvalue weighted by Gasteiger charge is 2.50. The van der Waals surface area contributed by atoms with Gasteiger partial charge >= 0.3 is 6.36 Å². The molecule has 3 N–H and O–H groups in total. The molecule has 0 bridgehead atoms. The maximum absolute atomic E-state index is 14.6. The molecule has 0 aliphatic rings. The third kappa shape index (κ3) is 5.88. The van der Waals surface area contributed by atoms with Gasteiger partial charge in [-0.15, -0.1) is 17.9 Å². The van der Waals surface area contributed by atoms with E-state index in [1.165, 1.54) is 6.20 Å². The number of pyridine rings is 1. The predicted octanol–water partition coefficient (Wildman–Crippen LogP) is 3.53. The molecule has 0 spiro atoms. The van der Waals surface area contributed by atoms with Gasteiger partial charge in [0.15, 0.2) is 17.1 Å². The fraction of sp³-hybridized carbons (Fsp3) is 0.421. The normalized spacial score (nSPS) is 16.5. The van der Waals surface area contributed by atoms with Gasteiger partial charge in [0.05, 0.1) is 12.3 Å². The Hall–Kier alpha value is -1.44. The van der Waals surface area contributed by atoms with Crippen LogP contribution in [0.4, 0.5) is 17.6 Å². The first-order valence-corrected chi connectivity index (χ1v) is 10.8. The van der Waals surface area contributed by atoms with Crippen LogP contribution in [0.1, 0.15) is 32.0 Å². The van der Waals surface area contributed by atoms with Gasteiger partial charge in [-0.2, -0.15) is 0 Å². The number of hydrogen-bond donors (Lipinski definition) is 3. The summed E-state index contributed by atoms with van der Waals surface area (Å²) >= 11 is 1.40. The van der Waals surface area contributed by atoms with Crippen LogP contribution in [-0.2, 0) is 16.9 Å². The molecule has 1 aromatic heterocycles. The van der Waals surface area contributed by atoms with Crippen LogP contribution < -0.4 is 9.46 Å². The van der Waals surface area contributed by atoms with Crippen LogP contribution in [0.3, 0.4) is 0 Å². The van der Waals surface area contributed by atoms with E-state index in [9.17, 15) is 32.3 Å². The lowest BCUT2D eigenvalue weighted by atomic mass is 9.82. The van der Waals surface area contributed by atoms with Crippen LogP contribution in [-0.4, -0.2) is 43.6 Å². The number of nitrogens with one attached hydrogen (secondary N) is 1. The van der Waals surface area contributed by atoms with Crippen molar-refractivity contribution >= 4 is 27.3 Å². The molecule has 2 aromatic rings. The van der Waals surface area contributed by atoms with Crippen molar-refractivity contribution in [2.45, 2.75) is 43.5 Å². The number of aliphatic hydroxyl groups is 2. The Labute approximate surface area is 188 Å². The summed E-state index contributed by atoms with van der Waals surface area (Å²) in [6.07, 6.45) is -5.46. The third-order valence-corrected chi connectivity index (χ3v) is 6.49. The van der Waals surface area contributed by atoms with E-state index in [0.717, 1.165) is 12.1 Å². The average Bonchev–Trinajstić information content (AvgIpc) is 2.66. The summed E-state index contributed by atoms with van der Waals surface area (Å²) in [4.78, 5) is 4.19. The third-order valence-electron chi connectivity index (χ3n) is 4.23. The minimum Gasteiger partial charge on any atom is -0.598 e. The van der Waals surface area contributed by atoms with Gasteiger partial charge in [-0.3, -0.25) is 4.98 Å². The molecule has 1 unspecified atom stereocenters. The van der Waals surface area contributed by atoms with E-state index in [-0.39, 0.29) is 11.3 Å². The fourth-order valence-corrected chi connectivity index (χ4v) is 4.24. The summed E-state index contributed by atoms with van der Waals surface area (Å²) in [5, 5.41) is 20.6. The fourth-order valence-electron chi connectivity index (χ4n) is 2.73. The maximum Gasteiger partial charge on any atom is 0.573 e. The number of benzene rings is 1. The molecule has 0 saturated heterocycles. The van der Waals surface area contributed by atoms with Crippen molar-refractivity contribution in [3.63, 3.8) is 0 Å². The Morgan fingerprint density at radius 1 is 1.26 bits per heavy atom. The number of nitrogens with zero attached hydrogens (tertiary/aromatic N) is 1. The molecule has 31 heavy (non-hydrogen) atoms. The van der Waals surface area contributed by atoms with Crippen LogP contribution in [0.25, 0.3) is 0 Å². The molecule has 2 rings (SSSR count). The summed E-state index contributed by atoms with van der Waals surface area (Å²) in [7, 11) is 0. The van der Waals surface area contributed by atoms with Gasteiger partial charge in [-0.1, -0.05) is 6.07 Å². The Bertz CT molecular complexity index is 913. The number of halogens is 5. The second kappa shape index (κ2) is 9.59. The van der Waals surface area contributed by atoms with E-state index in [2.05, 4.69) is 30.4 Å². The van der Waals surface area contributed by atoms with Gasteiger partial charge in [0, 0.05) is 22.0 Å². The zero-order valence-electron chi connectivity index (χ0n) is 16.7. The number of rotatable bonds is 7. The van der Waals surface area contributed by atoms with E-state index in [4.69, 9.17) is 0 Å². The first-order valence-electron chi connectivity index (χ1n) is 8.87. The van der Waals surface area contributed by atoms with Gasteiger partial charge in [0.2, 0.25) is 0 Å². The lowest BCUT2D eigenvalue weighted by Crippen LogP contribution is -2.59. The minimum atomic E-state index is -5.11. The second-order valence-corrected chi connectivity index (χ2v) is 10.3. The Morgan fingerprint density at radius 3 is 2.39 bits per heavy atom. The number of hydrogen-bond acceptors (Lipinski definition) is 6. The molecule has 0 aliphatic heterocycles. The molecule has 0 saturated carbocycles. The molecule has 6 nitrogen and oxygen atoms in total. The van der Waals surface area contributed by atoms with Gasteiger partial charge < -0.3 is 19.5 Å². The van der Waals surface area contributed by atoms with E-state index >= 15 is 0 Å². The standard InChI is InChI=1S/C19H21BrF4N2O4S/c1-17(2,3)31(29)26-18(15(28)10-27,16-12(20)5-4-8-25-16)11-6-7-14(13(21)9-11)30-19(22,23)24/h4-9,15,26-28H,10H2,1-3H3/t15-,18+,31?/m1/s1. The second-order valence-electron chi connectivity index (χ2n) is 7.52. The van der Waals surface area contributed by atoms with Crippen molar-refractivity contribution < 1.29 is 37.1 Å². The van der Waals surface area contributed by atoms with Crippen LogP contribution in [0, 0.1) is 5.82 Å². The monoisotopic (exact) mass is 528 g/mol. The molecule has 1 heterocycles. The van der Waals surface area contributed by atoms with Gasteiger partial charge in [-0.25, -0.2) is 4.39 Å². The van der Waals surface area contributed by atoms with Crippen molar-refractivity contribution in [2.24, 2.45) is 0 Å². The van der Waals surface area contributed by atoms with Crippen molar-refractivity contribution in [1.29, 1.82) is 0 Å². The summed E-state index contributed by atoms with van der Waals surface area (Å²) in [6.45, 7) is 4.06. The lowest BCUT2D eigenvalue weighted by molar-refractivity contribution is -0.275. The first-order chi connectivity index (χ1) is 14.2. The Balaban J connectivity index is 2.77. The maximum atomic E-state index is 14.6. The van der Waals surface area contributed by atoms with E-state index in [1.54, 1.807) is 32.9 Å². The highest BCUT2D eigenvalue weighted by atomic mass is 79.9. The predicted molar refractivity (Wildman–Crippen MR) is 110 cm³/mol. The van der Waals surface area contributed by atoms with Gasteiger partial charge in [0.25, 0.3) is 0 Å². The number of aromatic nitrogens is 1. The Kier molecular flexibility index (Phi) is 7.99. The molecule has 0 amide bonds. The van der Waals surface area contributed by atoms with E-state index in [0.29, 0.717) is 10.5 Å². The first kappa shape index (κ1) is 25.8. The van der Waals surface area contributed by atoms with Crippen molar-refractivity contribution in [2.75, 3.05) is 6.61 Å². The molecular weight excluding hydrogens is 508 g/mol. The number of ether oxygens (including phenoxy) is 1. The van der Waals surface area contributed by atoms with Crippen molar-refractivity contribution in [3.8, 4) is 5.75 Å². The summed E-state index contributed by atoms with van der Waals surface area (Å²) < 4.78 is 71.0. The molecular formula is C19H21BrF4N2O4S. The van der Waals surface area contributed by atoms with E-state index < -0.39 is 52.3 Å². The zero-order valence-corrected chi connectivity index (χ0v) is 19.1. The molecule has 172 valence electrons. The Morgan fingerprint density at radius 2 is 1.90 bits per heavy atom. The van der Waals surface area contributed by atoms with Crippen molar-refractivity contribution in [1.82, 2.24) is 9.71 Å². The average molecular weight is 529 g/mol. The van der Waals surface area contributed by atoms with Crippen LogP contribution >= 0.6 is 15.9 Å². The van der Waals surface area contributed by atoms with E-state index in [1.807, 2.05) is 0 Å². The topological polar surface area (TPSA) is 97.7 Å². The summed E-state index contributed by atoms with van der Waals surface area (Å²) in [6, 6.07) is 5.62. The molecule has 3 atom stereocenters. The summed E-state index contributed by atoms with van der Waals surface area (Å²) in [5.74, 6) is -2.46. The highest BCUT2D eigenvalue weighted by Crippen LogP contribution is 2.40. The number of aliphatic hydroxyl groups excluding tert-OH is 2. The van der Waals surface area contributed by atoms with Gasteiger partial charge in [-0.05, 0) is 66.5 Å². The minimum absolute atomic E-state index is 0.0399. The van der Waals surface area contributed by atoms with Crippen molar-refractivity contribution in [3.05, 3.63) is 58.1 Å². The molecule has 1 aromatic carbocycles. The van der Waals surface area contributed by atoms with Gasteiger partial charge in [0.1, 0.15) is 10.9 Å². The van der Waals surface area contributed by atoms with Crippen LogP contribution in [0.5, 0.6) is 5.75 Å². The quantitative estimate of drug-likeness (QED) is 0.375. The van der Waals surface area contributed by atoms with Crippen LogP contribution in [0.2, 0.25) is 0 Å².